The second kappa shape index (κ2) is 5.41. The van der Waals surface area contributed by atoms with Crippen LogP contribution in [0.15, 0.2) is 6.20 Å². The molecule has 1 aromatic rings. The number of hydrogen-bond acceptors (Lipinski definition) is 4. The Labute approximate surface area is 89.1 Å². The highest BCUT2D eigenvalue weighted by Gasteiger charge is 2.11. The maximum Gasteiger partial charge on any atom is 0.0666 e. The van der Waals surface area contributed by atoms with Crippen LogP contribution in [0.25, 0.3) is 0 Å². The Kier molecular flexibility index (Phi) is 3.89. The van der Waals surface area contributed by atoms with Crippen LogP contribution in [0, 0.1) is 0 Å². The first-order chi connectivity index (χ1) is 6.95. The summed E-state index contributed by atoms with van der Waals surface area (Å²) in [6.45, 7) is 0.947. The highest BCUT2D eigenvalue weighted by molar-refractivity contribution is 7.05. The van der Waals surface area contributed by atoms with E-state index in [1.807, 2.05) is 6.20 Å². The van der Waals surface area contributed by atoms with Crippen LogP contribution in [0.5, 0.6) is 0 Å². The average molecular weight is 211 g/mol. The summed E-state index contributed by atoms with van der Waals surface area (Å²) in [6, 6.07) is 0.722. The lowest BCUT2D eigenvalue weighted by atomic mass is 10.1. The summed E-state index contributed by atoms with van der Waals surface area (Å²) in [7, 11) is 0. The molecule has 0 saturated heterocycles. The molecule has 1 aliphatic rings. The van der Waals surface area contributed by atoms with E-state index < -0.39 is 0 Å². The van der Waals surface area contributed by atoms with E-state index in [0.717, 1.165) is 12.6 Å². The van der Waals surface area contributed by atoms with Gasteiger partial charge < -0.3 is 5.32 Å². The van der Waals surface area contributed by atoms with Gasteiger partial charge in [-0.25, -0.2) is 0 Å². The van der Waals surface area contributed by atoms with E-state index in [2.05, 4.69) is 14.9 Å². The molecule has 1 aromatic heterocycles. The molecule has 3 nitrogen and oxygen atoms in total. The summed E-state index contributed by atoms with van der Waals surface area (Å²) < 4.78 is 3.86. The van der Waals surface area contributed by atoms with Crippen molar-refractivity contribution >= 4 is 11.5 Å². The largest absolute Gasteiger partial charge is 0.309 e. The fourth-order valence-electron chi connectivity index (χ4n) is 1.99. The van der Waals surface area contributed by atoms with Gasteiger partial charge in [0.05, 0.1) is 11.1 Å². The Morgan fingerprint density at radius 1 is 1.29 bits per heavy atom. The summed E-state index contributed by atoms with van der Waals surface area (Å²) >= 11 is 1.49. The number of aromatic nitrogens is 2. The molecule has 78 valence electrons. The Morgan fingerprint density at radius 3 is 2.71 bits per heavy atom. The van der Waals surface area contributed by atoms with Gasteiger partial charge >= 0.3 is 0 Å². The van der Waals surface area contributed by atoms with E-state index in [-0.39, 0.29) is 0 Å². The first-order valence-electron chi connectivity index (χ1n) is 5.45. The zero-order valence-corrected chi connectivity index (χ0v) is 9.22. The highest BCUT2D eigenvalue weighted by atomic mass is 32.1. The number of nitrogens with one attached hydrogen (secondary N) is 1. The van der Waals surface area contributed by atoms with Crippen molar-refractivity contribution in [2.24, 2.45) is 0 Å². The molecule has 0 spiro atoms. The maximum atomic E-state index is 3.86. The summed E-state index contributed by atoms with van der Waals surface area (Å²) in [5, 5.41) is 7.43. The van der Waals surface area contributed by atoms with E-state index >= 15 is 0 Å². The van der Waals surface area contributed by atoms with Gasteiger partial charge in [-0.1, -0.05) is 30.2 Å². The fourth-order valence-corrected chi connectivity index (χ4v) is 2.44. The Morgan fingerprint density at radius 2 is 2.07 bits per heavy atom. The van der Waals surface area contributed by atoms with Crippen LogP contribution in [0.2, 0.25) is 0 Å². The minimum atomic E-state index is 0.722. The van der Waals surface area contributed by atoms with Crippen molar-refractivity contribution in [2.75, 3.05) is 0 Å². The highest BCUT2D eigenvalue weighted by Crippen LogP contribution is 2.17. The molecule has 1 N–H and O–H groups in total. The lowest BCUT2D eigenvalue weighted by molar-refractivity contribution is 0.461. The van der Waals surface area contributed by atoms with Crippen molar-refractivity contribution in [1.82, 2.24) is 14.9 Å². The second-order valence-corrected chi connectivity index (χ2v) is 4.82. The van der Waals surface area contributed by atoms with Gasteiger partial charge in [-0.05, 0) is 24.4 Å². The van der Waals surface area contributed by atoms with Crippen LogP contribution >= 0.6 is 11.5 Å². The Hall–Kier alpha value is -0.480. The van der Waals surface area contributed by atoms with Gasteiger partial charge in [0.2, 0.25) is 0 Å². The molecule has 1 saturated carbocycles. The second-order valence-electron chi connectivity index (χ2n) is 3.95. The van der Waals surface area contributed by atoms with Gasteiger partial charge in [0.15, 0.2) is 0 Å². The molecule has 0 aliphatic heterocycles. The van der Waals surface area contributed by atoms with E-state index in [9.17, 15) is 0 Å². The fraction of sp³-hybridized carbons (Fsp3) is 0.800. The minimum absolute atomic E-state index is 0.722. The summed E-state index contributed by atoms with van der Waals surface area (Å²) in [4.78, 5) is 1.24. The molecule has 0 radical (unpaired) electrons. The van der Waals surface area contributed by atoms with Gasteiger partial charge in [-0.15, -0.1) is 5.10 Å². The van der Waals surface area contributed by atoms with Gasteiger partial charge in [0.1, 0.15) is 0 Å². The van der Waals surface area contributed by atoms with Crippen LogP contribution in [-0.2, 0) is 6.54 Å². The Balaban J connectivity index is 1.73. The first kappa shape index (κ1) is 10.1. The lowest BCUT2D eigenvalue weighted by Crippen LogP contribution is -2.27. The van der Waals surface area contributed by atoms with Crippen molar-refractivity contribution in [3.8, 4) is 0 Å². The van der Waals surface area contributed by atoms with E-state index in [1.54, 1.807) is 0 Å². The van der Waals surface area contributed by atoms with E-state index in [1.165, 1.54) is 54.9 Å². The topological polar surface area (TPSA) is 37.8 Å². The van der Waals surface area contributed by atoms with Gasteiger partial charge in [-0.3, -0.25) is 0 Å². The summed E-state index contributed by atoms with van der Waals surface area (Å²) in [6.07, 6.45) is 10.1. The Bertz CT molecular complexity index is 240. The quantitative estimate of drug-likeness (QED) is 0.780. The van der Waals surface area contributed by atoms with Crippen molar-refractivity contribution in [3.05, 3.63) is 11.1 Å². The smallest absolute Gasteiger partial charge is 0.0666 e. The zero-order chi connectivity index (χ0) is 9.64. The van der Waals surface area contributed by atoms with Crippen molar-refractivity contribution in [3.63, 3.8) is 0 Å². The molecule has 0 aromatic carbocycles. The molecule has 14 heavy (non-hydrogen) atoms. The normalized spacial score (nSPS) is 19.4. The van der Waals surface area contributed by atoms with Crippen LogP contribution in [0.3, 0.4) is 0 Å². The predicted octanol–water partition coefficient (Wildman–Crippen LogP) is 2.35. The summed E-state index contributed by atoms with van der Waals surface area (Å²) in [5.41, 5.74) is 0. The third-order valence-corrected chi connectivity index (χ3v) is 3.49. The van der Waals surface area contributed by atoms with Gasteiger partial charge in [0, 0.05) is 12.6 Å². The lowest BCUT2D eigenvalue weighted by Gasteiger charge is -2.14. The van der Waals surface area contributed by atoms with Crippen molar-refractivity contribution in [2.45, 2.75) is 51.1 Å². The summed E-state index contributed by atoms with van der Waals surface area (Å²) in [5.74, 6) is 0. The molecule has 2 rings (SSSR count). The monoisotopic (exact) mass is 211 g/mol. The van der Waals surface area contributed by atoms with Crippen LogP contribution in [-0.4, -0.2) is 15.6 Å². The molecule has 1 fully saturated rings. The van der Waals surface area contributed by atoms with Crippen molar-refractivity contribution in [1.29, 1.82) is 0 Å². The molecule has 1 heterocycles. The molecule has 0 amide bonds. The van der Waals surface area contributed by atoms with E-state index in [0.29, 0.717) is 0 Å². The zero-order valence-electron chi connectivity index (χ0n) is 8.41. The minimum Gasteiger partial charge on any atom is -0.309 e. The van der Waals surface area contributed by atoms with E-state index in [4.69, 9.17) is 0 Å². The molecule has 0 atom stereocenters. The van der Waals surface area contributed by atoms with Gasteiger partial charge in [-0.2, -0.15) is 0 Å². The number of nitrogens with zero attached hydrogens (tertiary/aromatic N) is 2. The standard InChI is InChI=1S/C10H17N3S/c1-2-4-6-9(5-3-1)11-7-10-8-12-13-14-10/h8-9,11H,1-7H2. The molecule has 0 bridgehead atoms. The molecule has 4 heteroatoms. The first-order valence-corrected chi connectivity index (χ1v) is 6.22. The van der Waals surface area contributed by atoms with Crippen LogP contribution < -0.4 is 5.32 Å². The third kappa shape index (κ3) is 3.03. The molecule has 0 unspecified atom stereocenters. The molecular weight excluding hydrogens is 194 g/mol. The predicted molar refractivity (Wildman–Crippen MR) is 58.2 cm³/mol. The SMILES string of the molecule is c1nnsc1CNC1CCCCCC1. The van der Waals surface area contributed by atoms with Crippen LogP contribution in [0.4, 0.5) is 0 Å². The molecular formula is C10H17N3S. The average Bonchev–Trinajstić information content (AvgIpc) is 2.58. The van der Waals surface area contributed by atoms with Gasteiger partial charge in [0.25, 0.3) is 0 Å². The third-order valence-electron chi connectivity index (χ3n) is 2.83. The maximum absolute atomic E-state index is 3.86. The number of rotatable bonds is 3. The molecule has 1 aliphatic carbocycles. The van der Waals surface area contributed by atoms with Crippen molar-refractivity contribution < 1.29 is 0 Å². The van der Waals surface area contributed by atoms with Crippen LogP contribution in [0.1, 0.15) is 43.4 Å². The number of hydrogen-bond donors (Lipinski definition) is 1.